The number of methoxy groups -OCH3 is 3. The Morgan fingerprint density at radius 2 is 1.88 bits per heavy atom. The van der Waals surface area contributed by atoms with Crippen molar-refractivity contribution in [1.82, 2.24) is 4.90 Å². The van der Waals surface area contributed by atoms with E-state index in [0.29, 0.717) is 30.9 Å². The predicted octanol–water partition coefficient (Wildman–Crippen LogP) is 2.03. The first-order valence-corrected chi connectivity index (χ1v) is 8.26. The first-order valence-electron chi connectivity index (χ1n) is 8.26. The summed E-state index contributed by atoms with van der Waals surface area (Å²) in [6.45, 7) is 2.31. The molecule has 1 amide bonds. The molecule has 0 aliphatic carbocycles. The molecule has 0 aromatic heterocycles. The lowest BCUT2D eigenvalue weighted by molar-refractivity contribution is -0.147. The van der Waals surface area contributed by atoms with Gasteiger partial charge in [-0.05, 0) is 36.1 Å². The number of fused-ring (bicyclic) bond motifs is 1. The molecule has 0 bridgehead atoms. The lowest BCUT2D eigenvalue weighted by atomic mass is 9.89. The Labute approximate surface area is 147 Å². The standard InChI is InChI=1S/C18H25NO6/c1-5-14(23-2)18(22)19-7-6-11-8-15(24-3)16(25-4)9-12(11)13(19)10-17(20)21/h8-9,13-14H,5-7,10H2,1-4H3,(H,20,21). The first-order chi connectivity index (χ1) is 12.0. The van der Waals surface area contributed by atoms with Gasteiger partial charge < -0.3 is 24.2 Å². The Balaban J connectivity index is 2.47. The van der Waals surface area contributed by atoms with E-state index in [0.717, 1.165) is 11.1 Å². The third-order valence-electron chi connectivity index (χ3n) is 4.58. The molecule has 0 saturated heterocycles. The number of benzene rings is 1. The van der Waals surface area contributed by atoms with Gasteiger partial charge in [-0.1, -0.05) is 6.92 Å². The van der Waals surface area contributed by atoms with E-state index in [2.05, 4.69) is 0 Å². The normalized spacial score (nSPS) is 17.6. The molecule has 0 radical (unpaired) electrons. The summed E-state index contributed by atoms with van der Waals surface area (Å²) >= 11 is 0. The van der Waals surface area contributed by atoms with E-state index in [-0.39, 0.29) is 12.3 Å². The molecular weight excluding hydrogens is 326 g/mol. The van der Waals surface area contributed by atoms with Gasteiger partial charge in [0.15, 0.2) is 11.5 Å². The minimum Gasteiger partial charge on any atom is -0.493 e. The Morgan fingerprint density at radius 1 is 1.24 bits per heavy atom. The van der Waals surface area contributed by atoms with Crippen molar-refractivity contribution >= 4 is 11.9 Å². The molecule has 0 spiro atoms. The van der Waals surface area contributed by atoms with Gasteiger partial charge in [-0.15, -0.1) is 0 Å². The van der Waals surface area contributed by atoms with Crippen LogP contribution in [0.2, 0.25) is 0 Å². The van der Waals surface area contributed by atoms with Gasteiger partial charge in [0.05, 0.1) is 26.7 Å². The van der Waals surface area contributed by atoms with Crippen LogP contribution >= 0.6 is 0 Å². The summed E-state index contributed by atoms with van der Waals surface area (Å²) in [6.07, 6.45) is 0.411. The van der Waals surface area contributed by atoms with Crippen molar-refractivity contribution in [2.75, 3.05) is 27.9 Å². The molecule has 1 aromatic rings. The summed E-state index contributed by atoms with van der Waals surface area (Å²) in [6, 6.07) is 3.07. The number of hydrogen-bond donors (Lipinski definition) is 1. The smallest absolute Gasteiger partial charge is 0.305 e. The van der Waals surface area contributed by atoms with E-state index in [1.165, 1.54) is 14.2 Å². The molecule has 1 aromatic carbocycles. The zero-order chi connectivity index (χ0) is 18.6. The number of carbonyl (C=O) groups is 2. The summed E-state index contributed by atoms with van der Waals surface area (Å²) in [5, 5.41) is 9.35. The molecule has 138 valence electrons. The number of carboxylic acid groups (broad SMARTS) is 1. The highest BCUT2D eigenvalue weighted by molar-refractivity contribution is 5.82. The summed E-state index contributed by atoms with van der Waals surface area (Å²) < 4.78 is 15.9. The van der Waals surface area contributed by atoms with Crippen LogP contribution in [0, 0.1) is 0 Å². The molecule has 0 fully saturated rings. The molecule has 2 rings (SSSR count). The fourth-order valence-electron chi connectivity index (χ4n) is 3.30. The Bertz CT molecular complexity index is 641. The molecule has 1 heterocycles. The van der Waals surface area contributed by atoms with Gasteiger partial charge in [0, 0.05) is 13.7 Å². The van der Waals surface area contributed by atoms with E-state index in [4.69, 9.17) is 14.2 Å². The maximum atomic E-state index is 12.8. The van der Waals surface area contributed by atoms with Crippen molar-refractivity contribution in [1.29, 1.82) is 0 Å². The molecule has 7 heteroatoms. The number of rotatable bonds is 7. The summed E-state index contributed by atoms with van der Waals surface area (Å²) in [5.41, 5.74) is 1.75. The van der Waals surface area contributed by atoms with Crippen molar-refractivity contribution in [3.63, 3.8) is 0 Å². The van der Waals surface area contributed by atoms with E-state index >= 15 is 0 Å². The molecule has 2 atom stereocenters. The average Bonchev–Trinajstić information content (AvgIpc) is 2.61. The highest BCUT2D eigenvalue weighted by atomic mass is 16.5. The minimum atomic E-state index is -0.962. The van der Waals surface area contributed by atoms with E-state index in [1.54, 1.807) is 18.1 Å². The lowest BCUT2D eigenvalue weighted by Gasteiger charge is -2.38. The third-order valence-corrected chi connectivity index (χ3v) is 4.58. The third kappa shape index (κ3) is 3.87. The van der Waals surface area contributed by atoms with Gasteiger partial charge in [0.25, 0.3) is 5.91 Å². The summed E-state index contributed by atoms with van der Waals surface area (Å²) in [7, 11) is 4.58. The monoisotopic (exact) mass is 351 g/mol. The molecule has 2 unspecified atom stereocenters. The zero-order valence-electron chi connectivity index (χ0n) is 15.1. The fraction of sp³-hybridized carbons (Fsp3) is 0.556. The van der Waals surface area contributed by atoms with Gasteiger partial charge in [-0.3, -0.25) is 9.59 Å². The quantitative estimate of drug-likeness (QED) is 0.809. The van der Waals surface area contributed by atoms with Crippen LogP contribution < -0.4 is 9.47 Å². The van der Waals surface area contributed by atoms with Gasteiger partial charge >= 0.3 is 5.97 Å². The van der Waals surface area contributed by atoms with Gasteiger partial charge in [-0.25, -0.2) is 0 Å². The van der Waals surface area contributed by atoms with Crippen LogP contribution in [0.25, 0.3) is 0 Å². The summed E-state index contributed by atoms with van der Waals surface area (Å²) in [5.74, 6) is -0.0317. The van der Waals surface area contributed by atoms with Crippen LogP contribution in [0.15, 0.2) is 12.1 Å². The van der Waals surface area contributed by atoms with Crippen LogP contribution in [0.5, 0.6) is 11.5 Å². The molecule has 0 saturated carbocycles. The van der Waals surface area contributed by atoms with Crippen LogP contribution in [0.4, 0.5) is 0 Å². The SMILES string of the molecule is CCC(OC)C(=O)N1CCc2cc(OC)c(OC)cc2C1CC(=O)O. The Kier molecular flexibility index (Phi) is 6.25. The second-order valence-electron chi connectivity index (χ2n) is 5.93. The number of ether oxygens (including phenoxy) is 3. The molecule has 1 aliphatic rings. The molecule has 25 heavy (non-hydrogen) atoms. The van der Waals surface area contributed by atoms with Gasteiger partial charge in [0.1, 0.15) is 6.10 Å². The number of nitrogens with zero attached hydrogens (tertiary/aromatic N) is 1. The van der Waals surface area contributed by atoms with E-state index in [9.17, 15) is 14.7 Å². The fourth-order valence-corrected chi connectivity index (χ4v) is 3.30. The van der Waals surface area contributed by atoms with Crippen molar-refractivity contribution in [2.45, 2.75) is 38.3 Å². The van der Waals surface area contributed by atoms with E-state index < -0.39 is 18.1 Å². The van der Waals surface area contributed by atoms with Crippen molar-refractivity contribution in [3.05, 3.63) is 23.3 Å². The number of aliphatic carboxylic acids is 1. The second kappa shape index (κ2) is 8.20. The largest absolute Gasteiger partial charge is 0.493 e. The maximum absolute atomic E-state index is 12.8. The highest BCUT2D eigenvalue weighted by Crippen LogP contribution is 2.39. The number of carbonyl (C=O) groups excluding carboxylic acids is 1. The number of hydrogen-bond acceptors (Lipinski definition) is 5. The van der Waals surface area contributed by atoms with Gasteiger partial charge in [0.2, 0.25) is 0 Å². The molecular formula is C18H25NO6. The second-order valence-corrected chi connectivity index (χ2v) is 5.93. The lowest BCUT2D eigenvalue weighted by Crippen LogP contribution is -2.46. The van der Waals surface area contributed by atoms with Crippen LogP contribution in [-0.2, 0) is 20.7 Å². The van der Waals surface area contributed by atoms with Gasteiger partial charge in [-0.2, -0.15) is 0 Å². The van der Waals surface area contributed by atoms with Crippen LogP contribution in [0.1, 0.15) is 36.9 Å². The topological polar surface area (TPSA) is 85.3 Å². The maximum Gasteiger partial charge on any atom is 0.305 e. The summed E-state index contributed by atoms with van der Waals surface area (Å²) in [4.78, 5) is 25.8. The van der Waals surface area contributed by atoms with E-state index in [1.807, 2.05) is 13.0 Å². The number of carboxylic acids is 1. The molecule has 1 N–H and O–H groups in total. The molecule has 1 aliphatic heterocycles. The average molecular weight is 351 g/mol. The van der Waals surface area contributed by atoms with Crippen molar-refractivity contribution in [3.8, 4) is 11.5 Å². The zero-order valence-corrected chi connectivity index (χ0v) is 15.1. The van der Waals surface area contributed by atoms with Crippen molar-refractivity contribution < 1.29 is 28.9 Å². The van der Waals surface area contributed by atoms with Crippen LogP contribution in [0.3, 0.4) is 0 Å². The van der Waals surface area contributed by atoms with Crippen molar-refractivity contribution in [2.24, 2.45) is 0 Å². The Hall–Kier alpha value is -2.28. The minimum absolute atomic E-state index is 0.172. The first kappa shape index (κ1) is 19.1. The molecule has 7 nitrogen and oxygen atoms in total. The Morgan fingerprint density at radius 3 is 2.40 bits per heavy atom. The highest BCUT2D eigenvalue weighted by Gasteiger charge is 2.36. The number of amides is 1. The van der Waals surface area contributed by atoms with Crippen LogP contribution in [-0.4, -0.2) is 55.9 Å². The predicted molar refractivity (Wildman–Crippen MR) is 91.0 cm³/mol.